The van der Waals surface area contributed by atoms with Crippen molar-refractivity contribution in [2.75, 3.05) is 28.6 Å². The Balaban J connectivity index is 1.45. The number of nitrogens with zero attached hydrogens (tertiary/aromatic N) is 5. The number of aryl methyl sites for hydroxylation is 1. The zero-order valence-corrected chi connectivity index (χ0v) is 32.7. The van der Waals surface area contributed by atoms with Gasteiger partial charge in [0.15, 0.2) is 11.7 Å². The standard InChI is InChI=1S/C46H51N9O/c1-32(2)30-54(31-33(3)4)42-26-25-35(27-41(42)51-45(56)52-43-29-49-34(5)28-50-43)39-23-15-16-24-40(39)44(47)53-55(48)46(36-17-9-6-10-18-36,37-19-11-7-12-20-37)38-21-13-8-14-22-38/h6-29,32-33H,30-31,48H2,1-5H3,(H2,47,53)(H2,50,51,52,56). The lowest BCUT2D eigenvalue weighted by atomic mass is 9.77. The van der Waals surface area contributed by atoms with E-state index in [4.69, 9.17) is 16.7 Å². The first-order valence-electron chi connectivity index (χ1n) is 19.0. The fourth-order valence-electron chi connectivity index (χ4n) is 7.10. The third kappa shape index (κ3) is 8.88. The maximum atomic E-state index is 13.5. The number of hydrazone groups is 1. The first kappa shape index (κ1) is 39.2. The van der Waals surface area contributed by atoms with Crippen LogP contribution in [0.1, 0.15) is 55.6 Å². The van der Waals surface area contributed by atoms with Crippen molar-refractivity contribution in [2.45, 2.75) is 40.2 Å². The highest BCUT2D eigenvalue weighted by Gasteiger charge is 2.41. The van der Waals surface area contributed by atoms with E-state index in [0.29, 0.717) is 28.9 Å². The van der Waals surface area contributed by atoms with Crippen molar-refractivity contribution in [1.29, 1.82) is 0 Å². The zero-order valence-electron chi connectivity index (χ0n) is 32.7. The van der Waals surface area contributed by atoms with Gasteiger partial charge in [-0.1, -0.05) is 149 Å². The summed E-state index contributed by atoms with van der Waals surface area (Å²) in [4.78, 5) is 24.4. The first-order valence-corrected chi connectivity index (χ1v) is 19.0. The average Bonchev–Trinajstić information content (AvgIpc) is 3.20. The average molecular weight is 746 g/mol. The molecule has 0 aliphatic rings. The van der Waals surface area contributed by atoms with Crippen molar-refractivity contribution in [1.82, 2.24) is 15.1 Å². The molecule has 0 fully saturated rings. The van der Waals surface area contributed by atoms with Gasteiger partial charge in [-0.15, -0.1) is 5.10 Å². The summed E-state index contributed by atoms with van der Waals surface area (Å²) in [6, 6.07) is 43.8. The number of benzene rings is 5. The largest absolute Gasteiger partial charge is 0.382 e. The summed E-state index contributed by atoms with van der Waals surface area (Å²) in [5.41, 5.74) is 13.4. The van der Waals surface area contributed by atoms with Crippen LogP contribution in [0, 0.1) is 18.8 Å². The van der Waals surface area contributed by atoms with Gasteiger partial charge in [0.1, 0.15) is 5.54 Å². The Morgan fingerprint density at radius 3 is 1.77 bits per heavy atom. The van der Waals surface area contributed by atoms with Gasteiger partial charge in [-0.25, -0.2) is 20.7 Å². The summed E-state index contributed by atoms with van der Waals surface area (Å²) in [6.45, 7) is 12.2. The van der Waals surface area contributed by atoms with Gasteiger partial charge in [0.2, 0.25) is 0 Å². The van der Waals surface area contributed by atoms with Gasteiger partial charge in [-0.2, -0.15) is 0 Å². The van der Waals surface area contributed by atoms with E-state index in [0.717, 1.165) is 52.3 Å². The third-order valence-corrected chi connectivity index (χ3v) is 9.43. The lowest BCUT2D eigenvalue weighted by molar-refractivity contribution is 0.167. The van der Waals surface area contributed by atoms with Crippen LogP contribution in [0.15, 0.2) is 151 Å². The van der Waals surface area contributed by atoms with Crippen molar-refractivity contribution in [3.63, 3.8) is 0 Å². The highest BCUT2D eigenvalue weighted by atomic mass is 16.2. The van der Waals surface area contributed by atoms with Crippen LogP contribution in [-0.4, -0.2) is 40.0 Å². The van der Waals surface area contributed by atoms with Gasteiger partial charge in [0.25, 0.3) is 0 Å². The van der Waals surface area contributed by atoms with Crippen LogP contribution in [0.3, 0.4) is 0 Å². The minimum Gasteiger partial charge on any atom is -0.382 e. The Morgan fingerprint density at radius 1 is 0.714 bits per heavy atom. The van der Waals surface area contributed by atoms with Crippen LogP contribution in [0.4, 0.5) is 22.0 Å². The normalized spacial score (nSPS) is 11.8. The van der Waals surface area contributed by atoms with Gasteiger partial charge in [0.05, 0.1) is 29.5 Å². The van der Waals surface area contributed by atoms with E-state index in [1.807, 2.05) is 91.9 Å². The van der Waals surface area contributed by atoms with Crippen LogP contribution in [0.25, 0.3) is 11.1 Å². The number of hydrogen-bond acceptors (Lipinski definition) is 7. The van der Waals surface area contributed by atoms with Crippen molar-refractivity contribution >= 4 is 29.1 Å². The second kappa shape index (κ2) is 17.7. The minimum absolute atomic E-state index is 0.228. The molecule has 5 aromatic carbocycles. The van der Waals surface area contributed by atoms with Crippen molar-refractivity contribution in [3.8, 4) is 11.1 Å². The molecule has 0 saturated heterocycles. The summed E-state index contributed by atoms with van der Waals surface area (Å²) >= 11 is 0. The van der Waals surface area contributed by atoms with Crippen molar-refractivity contribution in [2.24, 2.45) is 28.5 Å². The number of rotatable bonds is 14. The number of carbonyl (C=O) groups excluding carboxylic acids is 1. The molecular weight excluding hydrogens is 695 g/mol. The van der Waals surface area contributed by atoms with Crippen molar-refractivity contribution < 1.29 is 4.79 Å². The summed E-state index contributed by atoms with van der Waals surface area (Å²) < 4.78 is 0. The van der Waals surface area contributed by atoms with E-state index < -0.39 is 11.6 Å². The highest BCUT2D eigenvalue weighted by molar-refractivity contribution is 6.05. The molecule has 0 atom stereocenters. The lowest BCUT2D eigenvalue weighted by Gasteiger charge is -2.41. The molecule has 1 heterocycles. The molecule has 10 nitrogen and oxygen atoms in total. The minimum atomic E-state index is -1.02. The predicted octanol–water partition coefficient (Wildman–Crippen LogP) is 9.00. The van der Waals surface area contributed by atoms with Crippen LogP contribution in [0.5, 0.6) is 0 Å². The quantitative estimate of drug-likeness (QED) is 0.0287. The van der Waals surface area contributed by atoms with Crippen molar-refractivity contribution in [3.05, 3.63) is 174 Å². The fraction of sp³-hybridized carbons (Fsp3) is 0.217. The number of aromatic nitrogens is 2. The molecule has 6 aromatic rings. The zero-order chi connectivity index (χ0) is 39.7. The van der Waals surface area contributed by atoms with Crippen LogP contribution in [-0.2, 0) is 5.54 Å². The van der Waals surface area contributed by atoms with E-state index >= 15 is 0 Å². The Bertz CT molecular complexity index is 2120. The first-order chi connectivity index (χ1) is 27.1. The summed E-state index contributed by atoms with van der Waals surface area (Å²) in [6.07, 6.45) is 3.15. The van der Waals surface area contributed by atoms with Gasteiger partial charge in [-0.05, 0) is 58.7 Å². The van der Waals surface area contributed by atoms with Gasteiger partial charge in [0, 0.05) is 18.7 Å². The molecule has 286 valence electrons. The molecule has 0 unspecified atom stereocenters. The molecular formula is C46H51N9O. The van der Waals surface area contributed by atoms with E-state index in [1.54, 1.807) is 6.20 Å². The maximum absolute atomic E-state index is 13.5. The van der Waals surface area contributed by atoms with E-state index in [9.17, 15) is 4.79 Å². The number of hydrazine groups is 1. The molecule has 0 spiro atoms. The molecule has 0 aliphatic carbocycles. The number of hydrogen-bond donors (Lipinski definition) is 4. The van der Waals surface area contributed by atoms with Gasteiger partial charge >= 0.3 is 6.03 Å². The third-order valence-electron chi connectivity index (χ3n) is 9.43. The Labute approximate surface area is 330 Å². The Hall–Kier alpha value is -6.52. The summed E-state index contributed by atoms with van der Waals surface area (Å²) in [5, 5.41) is 12.4. The number of nitrogens with two attached hydrogens (primary N) is 2. The van der Waals surface area contributed by atoms with Gasteiger partial charge < -0.3 is 16.0 Å². The predicted molar refractivity (Wildman–Crippen MR) is 229 cm³/mol. The molecule has 6 rings (SSSR count). The maximum Gasteiger partial charge on any atom is 0.324 e. The number of nitrogens with one attached hydrogen (secondary N) is 2. The smallest absolute Gasteiger partial charge is 0.324 e. The Kier molecular flexibility index (Phi) is 12.4. The van der Waals surface area contributed by atoms with Crippen LogP contribution < -0.4 is 27.1 Å². The molecule has 1 aromatic heterocycles. The molecule has 10 heteroatoms. The number of anilines is 3. The molecule has 6 N–H and O–H groups in total. The van der Waals surface area contributed by atoms with Crippen LogP contribution >= 0.6 is 0 Å². The van der Waals surface area contributed by atoms with Crippen LogP contribution in [0.2, 0.25) is 0 Å². The van der Waals surface area contributed by atoms with Gasteiger partial charge in [-0.3, -0.25) is 10.3 Å². The molecule has 0 bridgehead atoms. The Morgan fingerprint density at radius 2 is 1.25 bits per heavy atom. The van der Waals surface area contributed by atoms with E-state index in [-0.39, 0.29) is 5.84 Å². The molecule has 0 aliphatic heterocycles. The number of urea groups is 1. The highest BCUT2D eigenvalue weighted by Crippen LogP contribution is 2.41. The summed E-state index contributed by atoms with van der Waals surface area (Å²) in [5.74, 6) is 8.52. The number of carbonyl (C=O) groups is 1. The topological polar surface area (TPSA) is 138 Å². The monoisotopic (exact) mass is 745 g/mol. The lowest BCUT2D eigenvalue weighted by Crippen LogP contribution is -2.50. The van der Waals surface area contributed by atoms with E-state index in [2.05, 4.69) is 102 Å². The second-order valence-electron chi connectivity index (χ2n) is 14.7. The van der Waals surface area contributed by atoms with E-state index in [1.165, 1.54) is 11.3 Å². The number of amidine groups is 1. The second-order valence-corrected chi connectivity index (χ2v) is 14.7. The molecule has 0 radical (unpaired) electrons. The SMILES string of the molecule is Cc1cnc(NC(=O)Nc2cc(-c3ccccc3/C(N)=N/N(N)C(c3ccccc3)(c3ccccc3)c3ccccc3)ccc2N(CC(C)C)CC(C)C)cn1. The summed E-state index contributed by atoms with van der Waals surface area (Å²) in [7, 11) is 0. The molecule has 56 heavy (non-hydrogen) atoms. The fourth-order valence-corrected chi connectivity index (χ4v) is 7.10. The number of amides is 2. The molecule has 0 saturated carbocycles. The molecule has 2 amide bonds.